The Morgan fingerprint density at radius 1 is 1.03 bits per heavy atom. The number of fused-ring (bicyclic) bond motifs is 1. The second-order valence-electron chi connectivity index (χ2n) is 7.07. The van der Waals surface area contributed by atoms with Gasteiger partial charge in [0.25, 0.3) is 10.0 Å². The van der Waals surface area contributed by atoms with Crippen LogP contribution in [0.4, 0.5) is 0 Å². The van der Waals surface area contributed by atoms with Crippen molar-refractivity contribution in [3.05, 3.63) is 99.2 Å². The van der Waals surface area contributed by atoms with E-state index in [1.807, 2.05) is 6.07 Å². The van der Waals surface area contributed by atoms with Gasteiger partial charge in [0, 0.05) is 16.0 Å². The second kappa shape index (κ2) is 8.54. The summed E-state index contributed by atoms with van der Waals surface area (Å²) in [6, 6.07) is 17.9. The average molecular weight is 501 g/mol. The van der Waals surface area contributed by atoms with Gasteiger partial charge in [-0.1, -0.05) is 47.5 Å². The molecule has 4 aromatic rings. The summed E-state index contributed by atoms with van der Waals surface area (Å²) in [5, 5.41) is 30.1. The third-order valence-corrected chi connectivity index (χ3v) is 7.60. The van der Waals surface area contributed by atoms with E-state index in [9.17, 15) is 28.7 Å². The quantitative estimate of drug-likeness (QED) is 0.404. The summed E-state index contributed by atoms with van der Waals surface area (Å²) >= 11 is 12.5. The van der Waals surface area contributed by atoms with E-state index < -0.39 is 22.1 Å². The number of carbonyl (C=O) groups is 1. The molecule has 1 aromatic heterocycles. The molecule has 0 saturated heterocycles. The van der Waals surface area contributed by atoms with Crippen LogP contribution in [-0.2, 0) is 10.0 Å². The van der Waals surface area contributed by atoms with E-state index in [0.29, 0.717) is 5.39 Å². The maximum Gasteiger partial charge on any atom is 0.337 e. The number of aromatic nitrogens is 1. The Bertz CT molecular complexity index is 1560. The predicted octanol–water partition coefficient (Wildman–Crippen LogP) is 4.84. The number of benzene rings is 3. The smallest absolute Gasteiger partial charge is 0.337 e. The van der Waals surface area contributed by atoms with Gasteiger partial charge in [-0.25, -0.2) is 17.2 Å². The Hall–Kier alpha value is -3.35. The molecule has 0 bridgehead atoms. The predicted molar refractivity (Wildman–Crippen MR) is 123 cm³/mol. The van der Waals surface area contributed by atoms with Crippen molar-refractivity contribution in [3.8, 4) is 6.07 Å². The maximum absolute atomic E-state index is 13.6. The highest BCUT2D eigenvalue weighted by molar-refractivity contribution is 7.90. The summed E-state index contributed by atoms with van der Waals surface area (Å²) in [7, 11) is -4.24. The van der Waals surface area contributed by atoms with Crippen LogP contribution in [0.25, 0.3) is 10.9 Å². The van der Waals surface area contributed by atoms with Crippen LogP contribution in [0.5, 0.6) is 0 Å². The van der Waals surface area contributed by atoms with Gasteiger partial charge in [0.05, 0.1) is 38.3 Å². The standard InChI is InChI=1S/C23H14Cl2N2O5S/c24-17-9-8-16(23(29)30)21(25)20(17)22(28)19-11-14-7-6-13(12-26)10-18(14)27(19)33(31,32)15-4-2-1-3-5-15/h1-11,22,28H,(H,29,30). The first-order valence-corrected chi connectivity index (χ1v) is 11.6. The minimum atomic E-state index is -4.24. The van der Waals surface area contributed by atoms with E-state index in [-0.39, 0.29) is 42.8 Å². The molecule has 166 valence electrons. The molecule has 1 unspecified atom stereocenters. The molecule has 33 heavy (non-hydrogen) atoms. The van der Waals surface area contributed by atoms with Crippen molar-refractivity contribution in [1.82, 2.24) is 3.97 Å². The highest BCUT2D eigenvalue weighted by atomic mass is 35.5. The monoisotopic (exact) mass is 500 g/mol. The van der Waals surface area contributed by atoms with E-state index in [1.165, 1.54) is 42.5 Å². The number of carboxylic acid groups (broad SMARTS) is 1. The molecule has 0 amide bonds. The van der Waals surface area contributed by atoms with Gasteiger partial charge in [-0.05, 0) is 42.5 Å². The van der Waals surface area contributed by atoms with Crippen molar-refractivity contribution in [3.63, 3.8) is 0 Å². The SMILES string of the molecule is N#Cc1ccc2cc(C(O)c3c(Cl)ccc(C(=O)O)c3Cl)n(S(=O)(=O)c3ccccc3)c2c1. The van der Waals surface area contributed by atoms with Crippen LogP contribution in [0, 0.1) is 11.3 Å². The maximum atomic E-state index is 13.6. The number of aromatic carboxylic acids is 1. The van der Waals surface area contributed by atoms with Crippen molar-refractivity contribution in [2.24, 2.45) is 0 Å². The van der Waals surface area contributed by atoms with Gasteiger partial charge >= 0.3 is 5.97 Å². The Balaban J connectivity index is 2.06. The van der Waals surface area contributed by atoms with Gasteiger partial charge in [0.2, 0.25) is 0 Å². The van der Waals surface area contributed by atoms with Crippen LogP contribution in [0.3, 0.4) is 0 Å². The zero-order valence-corrected chi connectivity index (χ0v) is 18.9. The highest BCUT2D eigenvalue weighted by Gasteiger charge is 2.30. The molecular formula is C23H14Cl2N2O5S. The summed E-state index contributed by atoms with van der Waals surface area (Å²) < 4.78 is 28.2. The molecule has 2 N–H and O–H groups in total. The Labute approximate surface area is 198 Å². The van der Waals surface area contributed by atoms with Crippen LogP contribution in [-0.4, -0.2) is 28.6 Å². The lowest BCUT2D eigenvalue weighted by molar-refractivity contribution is 0.0696. The van der Waals surface area contributed by atoms with E-state index in [2.05, 4.69) is 0 Å². The molecule has 0 aliphatic heterocycles. The summed E-state index contributed by atoms with van der Waals surface area (Å²) in [4.78, 5) is 11.5. The number of nitrogens with zero attached hydrogens (tertiary/aromatic N) is 2. The Kier molecular flexibility index (Phi) is 5.91. The molecule has 10 heteroatoms. The molecule has 0 aliphatic rings. The third-order valence-electron chi connectivity index (χ3n) is 5.11. The zero-order valence-electron chi connectivity index (χ0n) is 16.6. The lowest BCUT2D eigenvalue weighted by atomic mass is 10.0. The van der Waals surface area contributed by atoms with Gasteiger partial charge in [-0.15, -0.1) is 0 Å². The topological polar surface area (TPSA) is 120 Å². The van der Waals surface area contributed by atoms with Gasteiger partial charge in [0.15, 0.2) is 0 Å². The molecule has 3 aromatic carbocycles. The Morgan fingerprint density at radius 2 is 1.73 bits per heavy atom. The van der Waals surface area contributed by atoms with Crippen LogP contribution >= 0.6 is 23.2 Å². The van der Waals surface area contributed by atoms with E-state index in [0.717, 1.165) is 3.97 Å². The van der Waals surface area contributed by atoms with E-state index >= 15 is 0 Å². The number of hydrogen-bond acceptors (Lipinski definition) is 5. The number of hydrogen-bond donors (Lipinski definition) is 2. The van der Waals surface area contributed by atoms with Gasteiger partial charge in [-0.2, -0.15) is 5.26 Å². The number of nitriles is 1. The van der Waals surface area contributed by atoms with E-state index in [4.69, 9.17) is 23.2 Å². The van der Waals surface area contributed by atoms with Crippen molar-refractivity contribution < 1.29 is 23.4 Å². The number of aliphatic hydroxyl groups is 1. The fourth-order valence-corrected chi connectivity index (χ4v) is 5.77. The summed E-state index contributed by atoms with van der Waals surface area (Å²) in [5.74, 6) is -1.33. The number of rotatable bonds is 5. The molecule has 4 rings (SSSR count). The van der Waals surface area contributed by atoms with Gasteiger partial charge in [0.1, 0.15) is 6.10 Å². The minimum Gasteiger partial charge on any atom is -0.478 e. The number of aliphatic hydroxyl groups excluding tert-OH is 1. The normalized spacial score (nSPS) is 12.4. The fourth-order valence-electron chi connectivity index (χ4n) is 3.56. The first kappa shape index (κ1) is 22.8. The van der Waals surface area contributed by atoms with Crippen molar-refractivity contribution in [2.45, 2.75) is 11.0 Å². The third kappa shape index (κ3) is 3.86. The van der Waals surface area contributed by atoms with Gasteiger partial charge in [-0.3, -0.25) is 0 Å². The molecule has 0 saturated carbocycles. The van der Waals surface area contributed by atoms with Crippen molar-refractivity contribution >= 4 is 50.1 Å². The molecule has 0 fully saturated rings. The molecule has 7 nitrogen and oxygen atoms in total. The molecule has 1 heterocycles. The first-order valence-electron chi connectivity index (χ1n) is 9.42. The number of carboxylic acids is 1. The van der Waals surface area contributed by atoms with Crippen LogP contribution in [0.1, 0.15) is 33.3 Å². The summed E-state index contributed by atoms with van der Waals surface area (Å²) in [5.41, 5.74) is -0.180. The Morgan fingerprint density at radius 3 is 2.36 bits per heavy atom. The van der Waals surface area contributed by atoms with Crippen molar-refractivity contribution in [2.75, 3.05) is 0 Å². The lowest BCUT2D eigenvalue weighted by Gasteiger charge is -2.19. The average Bonchev–Trinajstić information content (AvgIpc) is 3.18. The summed E-state index contributed by atoms with van der Waals surface area (Å²) in [6.07, 6.45) is -1.69. The molecule has 0 radical (unpaired) electrons. The van der Waals surface area contributed by atoms with Gasteiger partial charge < -0.3 is 10.2 Å². The molecule has 1 atom stereocenters. The minimum absolute atomic E-state index is 0.0378. The second-order valence-corrected chi connectivity index (χ2v) is 9.64. The molecular weight excluding hydrogens is 487 g/mol. The first-order chi connectivity index (χ1) is 15.7. The van der Waals surface area contributed by atoms with Crippen LogP contribution in [0.15, 0.2) is 71.6 Å². The fraction of sp³-hybridized carbons (Fsp3) is 0.0435. The van der Waals surface area contributed by atoms with Crippen LogP contribution in [0.2, 0.25) is 10.0 Å². The molecule has 0 spiro atoms. The van der Waals surface area contributed by atoms with Crippen molar-refractivity contribution in [1.29, 1.82) is 5.26 Å². The van der Waals surface area contributed by atoms with Crippen LogP contribution < -0.4 is 0 Å². The summed E-state index contributed by atoms with van der Waals surface area (Å²) in [6.45, 7) is 0. The zero-order chi connectivity index (χ0) is 23.9. The lowest BCUT2D eigenvalue weighted by Crippen LogP contribution is -2.19. The number of halogens is 2. The van der Waals surface area contributed by atoms with E-state index in [1.54, 1.807) is 24.3 Å². The molecule has 0 aliphatic carbocycles. The highest BCUT2D eigenvalue weighted by Crippen LogP contribution is 2.39. The largest absolute Gasteiger partial charge is 0.478 e.